The van der Waals surface area contributed by atoms with Crippen molar-refractivity contribution < 1.29 is 9.53 Å². The Bertz CT molecular complexity index is 396. The zero-order valence-corrected chi connectivity index (χ0v) is 11.8. The van der Waals surface area contributed by atoms with Crippen LogP contribution in [0.3, 0.4) is 0 Å². The van der Waals surface area contributed by atoms with Crippen LogP contribution in [-0.2, 0) is 16.0 Å². The van der Waals surface area contributed by atoms with Gasteiger partial charge in [0.1, 0.15) is 0 Å². The first kappa shape index (κ1) is 14.1. The van der Waals surface area contributed by atoms with Crippen molar-refractivity contribution in [1.29, 1.82) is 0 Å². The number of carbonyl (C=O) groups excluding carboxylic acids is 1. The van der Waals surface area contributed by atoms with Gasteiger partial charge in [0.15, 0.2) is 0 Å². The van der Waals surface area contributed by atoms with Crippen LogP contribution in [0.1, 0.15) is 25.8 Å². The molecule has 0 bridgehead atoms. The van der Waals surface area contributed by atoms with E-state index in [-0.39, 0.29) is 17.9 Å². The van der Waals surface area contributed by atoms with E-state index in [0.717, 1.165) is 12.8 Å². The zero-order valence-electron chi connectivity index (χ0n) is 11.8. The Balaban J connectivity index is 1.94. The van der Waals surface area contributed by atoms with Gasteiger partial charge in [0.2, 0.25) is 5.91 Å². The molecule has 1 aromatic carbocycles. The SMILES string of the molecule is CC(C)[C@H](Cc1ccccc1)NC(=O)[C@H]1CCOC1. The van der Waals surface area contributed by atoms with Crippen molar-refractivity contribution in [3.05, 3.63) is 35.9 Å². The van der Waals surface area contributed by atoms with Crippen LogP contribution in [0, 0.1) is 11.8 Å². The van der Waals surface area contributed by atoms with E-state index in [4.69, 9.17) is 4.74 Å². The summed E-state index contributed by atoms with van der Waals surface area (Å²) in [5.41, 5.74) is 1.27. The summed E-state index contributed by atoms with van der Waals surface area (Å²) in [6.45, 7) is 5.59. The van der Waals surface area contributed by atoms with Crippen LogP contribution in [0.25, 0.3) is 0 Å². The van der Waals surface area contributed by atoms with Gasteiger partial charge in [-0.05, 0) is 24.3 Å². The third-order valence-corrected chi connectivity index (χ3v) is 3.73. The molecular weight excluding hydrogens is 238 g/mol. The van der Waals surface area contributed by atoms with E-state index in [1.807, 2.05) is 18.2 Å². The minimum atomic E-state index is 0.0389. The van der Waals surface area contributed by atoms with Crippen LogP contribution in [0.4, 0.5) is 0 Å². The Morgan fingerprint density at radius 3 is 2.68 bits per heavy atom. The fourth-order valence-corrected chi connectivity index (χ4v) is 2.36. The molecule has 0 spiro atoms. The van der Waals surface area contributed by atoms with E-state index >= 15 is 0 Å². The molecule has 1 aliphatic rings. The fourth-order valence-electron chi connectivity index (χ4n) is 2.36. The Morgan fingerprint density at radius 1 is 1.37 bits per heavy atom. The van der Waals surface area contributed by atoms with Crippen molar-refractivity contribution in [2.24, 2.45) is 11.8 Å². The number of nitrogens with one attached hydrogen (secondary N) is 1. The van der Waals surface area contributed by atoms with Crippen molar-refractivity contribution in [2.75, 3.05) is 13.2 Å². The molecule has 0 aromatic heterocycles. The quantitative estimate of drug-likeness (QED) is 0.884. The van der Waals surface area contributed by atoms with Gasteiger partial charge >= 0.3 is 0 Å². The molecule has 0 unspecified atom stereocenters. The van der Waals surface area contributed by atoms with Crippen LogP contribution in [-0.4, -0.2) is 25.2 Å². The summed E-state index contributed by atoms with van der Waals surface area (Å²) in [5.74, 6) is 0.607. The molecule has 104 valence electrons. The summed E-state index contributed by atoms with van der Waals surface area (Å²) in [6.07, 6.45) is 1.74. The van der Waals surface area contributed by atoms with Crippen LogP contribution >= 0.6 is 0 Å². The predicted octanol–water partition coefficient (Wildman–Crippen LogP) is 2.41. The highest BCUT2D eigenvalue weighted by Crippen LogP contribution is 2.15. The summed E-state index contributed by atoms with van der Waals surface area (Å²) in [7, 11) is 0. The molecule has 1 amide bonds. The van der Waals surface area contributed by atoms with Crippen molar-refractivity contribution in [3.8, 4) is 0 Å². The molecular formula is C16H23NO2. The lowest BCUT2D eigenvalue weighted by Crippen LogP contribution is -2.43. The molecule has 2 atom stereocenters. The molecule has 1 aromatic rings. The van der Waals surface area contributed by atoms with Crippen molar-refractivity contribution in [3.63, 3.8) is 0 Å². The van der Waals surface area contributed by atoms with Gasteiger partial charge in [-0.2, -0.15) is 0 Å². The van der Waals surface area contributed by atoms with E-state index in [1.54, 1.807) is 0 Å². The predicted molar refractivity (Wildman–Crippen MR) is 75.8 cm³/mol. The molecule has 1 N–H and O–H groups in total. The van der Waals surface area contributed by atoms with Gasteiger partial charge in [-0.1, -0.05) is 44.2 Å². The number of amides is 1. The first-order chi connectivity index (χ1) is 9.16. The number of benzene rings is 1. The largest absolute Gasteiger partial charge is 0.381 e. The number of rotatable bonds is 5. The van der Waals surface area contributed by atoms with E-state index < -0.39 is 0 Å². The van der Waals surface area contributed by atoms with Gasteiger partial charge < -0.3 is 10.1 Å². The van der Waals surface area contributed by atoms with Crippen molar-refractivity contribution >= 4 is 5.91 Å². The van der Waals surface area contributed by atoms with Crippen molar-refractivity contribution in [2.45, 2.75) is 32.7 Å². The highest BCUT2D eigenvalue weighted by molar-refractivity contribution is 5.79. The average Bonchev–Trinajstić information content (AvgIpc) is 2.93. The molecule has 3 heteroatoms. The molecule has 2 rings (SSSR count). The van der Waals surface area contributed by atoms with Gasteiger partial charge in [-0.25, -0.2) is 0 Å². The summed E-state index contributed by atoms with van der Waals surface area (Å²) >= 11 is 0. The molecule has 1 saturated heterocycles. The average molecular weight is 261 g/mol. The summed E-state index contributed by atoms with van der Waals surface area (Å²) in [6, 6.07) is 10.5. The molecule has 19 heavy (non-hydrogen) atoms. The van der Waals surface area contributed by atoms with E-state index in [1.165, 1.54) is 5.56 Å². The standard InChI is InChI=1S/C16H23NO2/c1-12(2)15(10-13-6-4-3-5-7-13)17-16(18)14-8-9-19-11-14/h3-7,12,14-15H,8-11H2,1-2H3,(H,17,18)/t14-,15-/m0/s1. The van der Waals surface area contributed by atoms with Gasteiger partial charge in [0.05, 0.1) is 12.5 Å². The van der Waals surface area contributed by atoms with Gasteiger partial charge in [-0.3, -0.25) is 4.79 Å². The van der Waals surface area contributed by atoms with Crippen LogP contribution < -0.4 is 5.32 Å². The van der Waals surface area contributed by atoms with Crippen LogP contribution in [0.5, 0.6) is 0 Å². The van der Waals surface area contributed by atoms with Gasteiger partial charge in [-0.15, -0.1) is 0 Å². The Kier molecular flexibility index (Phi) is 4.97. The maximum absolute atomic E-state index is 12.2. The normalized spacial score (nSPS) is 20.5. The number of ether oxygens (including phenoxy) is 1. The highest BCUT2D eigenvalue weighted by Gasteiger charge is 2.26. The second kappa shape index (κ2) is 6.71. The lowest BCUT2D eigenvalue weighted by atomic mass is 9.95. The Hall–Kier alpha value is -1.35. The number of carbonyl (C=O) groups is 1. The minimum Gasteiger partial charge on any atom is -0.381 e. The summed E-state index contributed by atoms with van der Waals surface area (Å²) in [4.78, 5) is 12.2. The van der Waals surface area contributed by atoms with Gasteiger partial charge in [0, 0.05) is 12.6 Å². The maximum atomic E-state index is 12.2. The summed E-state index contributed by atoms with van der Waals surface area (Å²) in [5, 5.41) is 3.19. The molecule has 0 radical (unpaired) electrons. The minimum absolute atomic E-state index is 0.0389. The smallest absolute Gasteiger partial charge is 0.225 e. The van der Waals surface area contributed by atoms with Gasteiger partial charge in [0.25, 0.3) is 0 Å². The van der Waals surface area contributed by atoms with Crippen molar-refractivity contribution in [1.82, 2.24) is 5.32 Å². The topological polar surface area (TPSA) is 38.3 Å². The zero-order chi connectivity index (χ0) is 13.7. The third-order valence-electron chi connectivity index (χ3n) is 3.73. The number of hydrogen-bond donors (Lipinski definition) is 1. The Morgan fingerprint density at radius 2 is 2.11 bits per heavy atom. The molecule has 1 fully saturated rings. The second-order valence-corrected chi connectivity index (χ2v) is 5.61. The second-order valence-electron chi connectivity index (χ2n) is 5.61. The van der Waals surface area contributed by atoms with E-state index in [2.05, 4.69) is 31.3 Å². The maximum Gasteiger partial charge on any atom is 0.225 e. The molecule has 1 heterocycles. The first-order valence-corrected chi connectivity index (χ1v) is 7.09. The van der Waals surface area contributed by atoms with E-state index in [9.17, 15) is 4.79 Å². The fraction of sp³-hybridized carbons (Fsp3) is 0.562. The Labute approximate surface area is 115 Å². The van der Waals surface area contributed by atoms with E-state index in [0.29, 0.717) is 19.1 Å². The lowest BCUT2D eigenvalue weighted by molar-refractivity contribution is -0.126. The molecule has 3 nitrogen and oxygen atoms in total. The number of hydrogen-bond acceptors (Lipinski definition) is 2. The molecule has 0 aliphatic carbocycles. The lowest BCUT2D eigenvalue weighted by Gasteiger charge is -2.24. The third kappa shape index (κ3) is 4.06. The molecule has 1 aliphatic heterocycles. The van der Waals surface area contributed by atoms with Crippen LogP contribution in [0.15, 0.2) is 30.3 Å². The highest BCUT2D eigenvalue weighted by atomic mass is 16.5. The molecule has 0 saturated carbocycles. The van der Waals surface area contributed by atoms with Crippen LogP contribution in [0.2, 0.25) is 0 Å². The first-order valence-electron chi connectivity index (χ1n) is 7.09. The summed E-state index contributed by atoms with van der Waals surface area (Å²) < 4.78 is 5.28. The monoisotopic (exact) mass is 261 g/mol.